The molecule has 0 aliphatic heterocycles. The predicted octanol–water partition coefficient (Wildman–Crippen LogP) is 3.59. The first-order chi connectivity index (χ1) is 9.73. The van der Waals surface area contributed by atoms with Crippen molar-refractivity contribution in [1.82, 2.24) is 5.32 Å². The summed E-state index contributed by atoms with van der Waals surface area (Å²) in [5.41, 5.74) is 1.50. The number of hydrogen-bond acceptors (Lipinski definition) is 3. The Morgan fingerprint density at radius 2 is 1.85 bits per heavy atom. The van der Waals surface area contributed by atoms with Crippen molar-refractivity contribution in [3.63, 3.8) is 0 Å². The van der Waals surface area contributed by atoms with E-state index in [-0.39, 0.29) is 0 Å². The van der Waals surface area contributed by atoms with E-state index in [4.69, 9.17) is 21.1 Å². The van der Waals surface area contributed by atoms with Crippen LogP contribution in [0.1, 0.15) is 31.2 Å². The largest absolute Gasteiger partial charge is 0.493 e. The molecule has 0 spiro atoms. The van der Waals surface area contributed by atoms with E-state index in [1.165, 1.54) is 31.2 Å². The molecular weight excluding hydrogens is 274 g/mol. The third-order valence-electron chi connectivity index (χ3n) is 4.22. The normalized spacial score (nSPS) is 17.1. The number of ether oxygens (including phenoxy) is 2. The van der Waals surface area contributed by atoms with E-state index in [1.54, 1.807) is 14.2 Å². The van der Waals surface area contributed by atoms with Crippen molar-refractivity contribution < 1.29 is 9.47 Å². The van der Waals surface area contributed by atoms with Gasteiger partial charge in [-0.05, 0) is 36.0 Å². The third-order valence-corrected chi connectivity index (χ3v) is 4.79. The first-order valence-corrected chi connectivity index (χ1v) is 7.74. The second-order valence-electron chi connectivity index (χ2n) is 5.63. The van der Waals surface area contributed by atoms with Crippen LogP contribution < -0.4 is 14.8 Å². The number of halogens is 1. The highest BCUT2D eigenvalue weighted by molar-refractivity contribution is 6.18. The number of hydrogen-bond donors (Lipinski definition) is 1. The average Bonchev–Trinajstić information content (AvgIpc) is 2.96. The Balaban J connectivity index is 1.90. The molecule has 0 atom stereocenters. The lowest BCUT2D eigenvalue weighted by Crippen LogP contribution is -2.33. The Morgan fingerprint density at radius 1 is 1.15 bits per heavy atom. The molecule has 1 fully saturated rings. The smallest absolute Gasteiger partial charge is 0.161 e. The molecule has 2 rings (SSSR count). The van der Waals surface area contributed by atoms with Crippen LogP contribution >= 0.6 is 11.6 Å². The molecule has 1 saturated carbocycles. The Labute approximate surface area is 126 Å². The molecule has 1 aliphatic carbocycles. The lowest BCUT2D eigenvalue weighted by atomic mass is 9.88. The van der Waals surface area contributed by atoms with E-state index in [9.17, 15) is 0 Å². The molecule has 4 heteroatoms. The van der Waals surface area contributed by atoms with Crippen molar-refractivity contribution in [2.45, 2.75) is 32.2 Å². The molecule has 0 unspecified atom stereocenters. The van der Waals surface area contributed by atoms with Gasteiger partial charge in [0.15, 0.2) is 11.5 Å². The standard InChI is InChI=1S/C16H24ClNO2/c1-19-14-6-5-13(9-15(14)20-2)10-18-12-16(11-17)7-3-4-8-16/h5-6,9,18H,3-4,7-8,10-12H2,1-2H3. The lowest BCUT2D eigenvalue weighted by molar-refractivity contribution is 0.320. The van der Waals surface area contributed by atoms with Crippen molar-refractivity contribution in [3.05, 3.63) is 23.8 Å². The van der Waals surface area contributed by atoms with E-state index in [0.717, 1.165) is 30.5 Å². The molecule has 3 nitrogen and oxygen atoms in total. The van der Waals surface area contributed by atoms with Crippen LogP contribution in [0.2, 0.25) is 0 Å². The summed E-state index contributed by atoms with van der Waals surface area (Å²) in [6.45, 7) is 1.82. The number of alkyl halides is 1. The van der Waals surface area contributed by atoms with Crippen LogP contribution in [0.15, 0.2) is 18.2 Å². The van der Waals surface area contributed by atoms with Crippen molar-refractivity contribution in [3.8, 4) is 11.5 Å². The predicted molar refractivity (Wildman–Crippen MR) is 82.9 cm³/mol. The van der Waals surface area contributed by atoms with Gasteiger partial charge in [0.2, 0.25) is 0 Å². The van der Waals surface area contributed by atoms with Crippen LogP contribution in [0, 0.1) is 5.41 Å². The lowest BCUT2D eigenvalue weighted by Gasteiger charge is -2.26. The molecule has 1 aliphatic rings. The molecule has 0 bridgehead atoms. The highest BCUT2D eigenvalue weighted by Gasteiger charge is 2.32. The van der Waals surface area contributed by atoms with E-state index in [0.29, 0.717) is 5.41 Å². The van der Waals surface area contributed by atoms with Crippen molar-refractivity contribution >= 4 is 11.6 Å². The summed E-state index contributed by atoms with van der Waals surface area (Å²) in [7, 11) is 3.32. The Hall–Kier alpha value is -0.930. The molecule has 0 amide bonds. The van der Waals surface area contributed by atoms with Crippen molar-refractivity contribution in [2.24, 2.45) is 5.41 Å². The Bertz CT molecular complexity index is 430. The van der Waals surface area contributed by atoms with Gasteiger partial charge < -0.3 is 14.8 Å². The van der Waals surface area contributed by atoms with Gasteiger partial charge in [-0.15, -0.1) is 11.6 Å². The molecular formula is C16H24ClNO2. The number of benzene rings is 1. The van der Waals surface area contributed by atoms with Gasteiger partial charge >= 0.3 is 0 Å². The maximum absolute atomic E-state index is 6.16. The van der Waals surface area contributed by atoms with Gasteiger partial charge in [-0.3, -0.25) is 0 Å². The maximum atomic E-state index is 6.16. The van der Waals surface area contributed by atoms with Crippen LogP contribution in [-0.4, -0.2) is 26.6 Å². The number of nitrogens with one attached hydrogen (secondary N) is 1. The first-order valence-electron chi connectivity index (χ1n) is 7.20. The summed E-state index contributed by atoms with van der Waals surface area (Å²) in [4.78, 5) is 0. The maximum Gasteiger partial charge on any atom is 0.161 e. The highest BCUT2D eigenvalue weighted by Crippen LogP contribution is 2.38. The zero-order valence-electron chi connectivity index (χ0n) is 12.4. The second kappa shape index (κ2) is 7.19. The Morgan fingerprint density at radius 3 is 2.45 bits per heavy atom. The van der Waals surface area contributed by atoms with Gasteiger partial charge in [0.25, 0.3) is 0 Å². The summed E-state index contributed by atoms with van der Waals surface area (Å²) < 4.78 is 10.6. The second-order valence-corrected chi connectivity index (χ2v) is 5.90. The highest BCUT2D eigenvalue weighted by atomic mass is 35.5. The molecule has 1 N–H and O–H groups in total. The summed E-state index contributed by atoms with van der Waals surface area (Å²) >= 11 is 6.16. The molecule has 0 heterocycles. The summed E-state index contributed by atoms with van der Waals surface area (Å²) in [6, 6.07) is 6.03. The van der Waals surface area contributed by atoms with E-state index in [1.807, 2.05) is 12.1 Å². The molecule has 0 radical (unpaired) electrons. The summed E-state index contributed by atoms with van der Waals surface area (Å²) in [5.74, 6) is 2.30. The third kappa shape index (κ3) is 3.58. The van der Waals surface area contributed by atoms with Crippen LogP contribution in [-0.2, 0) is 6.54 Å². The molecule has 1 aromatic rings. The number of rotatable bonds is 7. The fraction of sp³-hybridized carbons (Fsp3) is 0.625. The quantitative estimate of drug-likeness (QED) is 0.780. The van der Waals surface area contributed by atoms with Crippen LogP contribution in [0.5, 0.6) is 11.5 Å². The van der Waals surface area contributed by atoms with Gasteiger partial charge in [0.1, 0.15) is 0 Å². The summed E-state index contributed by atoms with van der Waals surface area (Å²) in [5, 5.41) is 3.54. The minimum Gasteiger partial charge on any atom is -0.493 e. The molecule has 0 aromatic heterocycles. The van der Waals surface area contributed by atoms with E-state index < -0.39 is 0 Å². The Kier molecular flexibility index (Phi) is 5.55. The molecule has 20 heavy (non-hydrogen) atoms. The van der Waals surface area contributed by atoms with Gasteiger partial charge in [0.05, 0.1) is 14.2 Å². The zero-order chi connectivity index (χ0) is 14.4. The van der Waals surface area contributed by atoms with Gasteiger partial charge in [-0.25, -0.2) is 0 Å². The van der Waals surface area contributed by atoms with Crippen LogP contribution in [0.25, 0.3) is 0 Å². The minimum absolute atomic E-state index is 0.304. The van der Waals surface area contributed by atoms with Crippen molar-refractivity contribution in [1.29, 1.82) is 0 Å². The van der Waals surface area contributed by atoms with Gasteiger partial charge in [0, 0.05) is 19.0 Å². The monoisotopic (exact) mass is 297 g/mol. The molecule has 0 saturated heterocycles. The fourth-order valence-electron chi connectivity index (χ4n) is 2.95. The molecule has 1 aromatic carbocycles. The van der Waals surface area contributed by atoms with Crippen molar-refractivity contribution in [2.75, 3.05) is 26.6 Å². The zero-order valence-corrected chi connectivity index (χ0v) is 13.1. The van der Waals surface area contributed by atoms with E-state index >= 15 is 0 Å². The van der Waals surface area contributed by atoms with Crippen LogP contribution in [0.3, 0.4) is 0 Å². The summed E-state index contributed by atoms with van der Waals surface area (Å²) in [6.07, 6.45) is 5.11. The van der Waals surface area contributed by atoms with Gasteiger partial charge in [-0.1, -0.05) is 18.9 Å². The minimum atomic E-state index is 0.304. The fourth-order valence-corrected chi connectivity index (χ4v) is 3.31. The molecule has 112 valence electrons. The van der Waals surface area contributed by atoms with Crippen LogP contribution in [0.4, 0.5) is 0 Å². The van der Waals surface area contributed by atoms with E-state index in [2.05, 4.69) is 11.4 Å². The number of methoxy groups -OCH3 is 2. The first kappa shape index (κ1) is 15.5. The topological polar surface area (TPSA) is 30.5 Å². The average molecular weight is 298 g/mol. The van der Waals surface area contributed by atoms with Gasteiger partial charge in [-0.2, -0.15) is 0 Å². The SMILES string of the molecule is COc1ccc(CNCC2(CCl)CCCC2)cc1OC.